The summed E-state index contributed by atoms with van der Waals surface area (Å²) in [5, 5.41) is 0. The van der Waals surface area contributed by atoms with Crippen molar-refractivity contribution >= 4 is 33.5 Å². The topological polar surface area (TPSA) is 80.0 Å². The number of anilines is 1. The number of allylic oxidation sites excluding steroid dienone is 1. The Balaban J connectivity index is 2.40. The fraction of sp³-hybridized carbons (Fsp3) is 0.211. The Bertz CT molecular complexity index is 823. The van der Waals surface area contributed by atoms with Gasteiger partial charge in [0.2, 0.25) is 5.75 Å². The standard InChI is InChI=1S/C19H20BrNO5/c1-23-15-6-5-11(8-14(15)21)7-13(20)18(22)12-9-16(24-2)19(26-4)17(10-12)25-3/h5-10H,21H2,1-4H3/b13-7-. The van der Waals surface area contributed by atoms with Gasteiger partial charge in [-0.15, -0.1) is 0 Å². The van der Waals surface area contributed by atoms with Crippen LogP contribution >= 0.6 is 15.9 Å². The van der Waals surface area contributed by atoms with Crippen LogP contribution in [0, 0.1) is 0 Å². The molecule has 138 valence electrons. The van der Waals surface area contributed by atoms with E-state index in [-0.39, 0.29) is 5.78 Å². The Kier molecular flexibility index (Phi) is 6.52. The number of methoxy groups -OCH3 is 4. The van der Waals surface area contributed by atoms with Gasteiger partial charge in [-0.05, 0) is 51.8 Å². The second-order valence-electron chi connectivity index (χ2n) is 5.24. The Labute approximate surface area is 160 Å². The highest BCUT2D eigenvalue weighted by Gasteiger charge is 2.18. The number of rotatable bonds is 7. The number of ketones is 1. The van der Waals surface area contributed by atoms with E-state index in [0.717, 1.165) is 5.56 Å². The first-order valence-electron chi connectivity index (χ1n) is 7.60. The molecule has 0 saturated carbocycles. The van der Waals surface area contributed by atoms with Gasteiger partial charge >= 0.3 is 0 Å². The largest absolute Gasteiger partial charge is 0.495 e. The molecule has 2 N–H and O–H groups in total. The molecule has 2 aromatic rings. The maximum Gasteiger partial charge on any atom is 0.203 e. The summed E-state index contributed by atoms with van der Waals surface area (Å²) >= 11 is 3.33. The summed E-state index contributed by atoms with van der Waals surface area (Å²) in [6, 6.07) is 8.47. The molecule has 0 amide bonds. The van der Waals surface area contributed by atoms with Crippen molar-refractivity contribution in [3.05, 3.63) is 45.9 Å². The molecule has 7 heteroatoms. The van der Waals surface area contributed by atoms with E-state index in [2.05, 4.69) is 15.9 Å². The zero-order valence-electron chi connectivity index (χ0n) is 15.0. The molecule has 2 aromatic carbocycles. The molecule has 0 spiro atoms. The van der Waals surface area contributed by atoms with Crippen molar-refractivity contribution in [3.63, 3.8) is 0 Å². The summed E-state index contributed by atoms with van der Waals surface area (Å²) in [7, 11) is 6.05. The molecular formula is C19H20BrNO5. The number of Topliss-reactive ketones (excluding diaryl/α,β-unsaturated/α-hetero) is 1. The van der Waals surface area contributed by atoms with E-state index in [1.807, 2.05) is 0 Å². The van der Waals surface area contributed by atoms with Gasteiger partial charge in [-0.25, -0.2) is 0 Å². The van der Waals surface area contributed by atoms with E-state index in [0.29, 0.717) is 38.7 Å². The van der Waals surface area contributed by atoms with Crippen LogP contribution in [-0.4, -0.2) is 34.2 Å². The number of nitrogens with two attached hydrogens (primary N) is 1. The van der Waals surface area contributed by atoms with E-state index in [9.17, 15) is 4.79 Å². The lowest BCUT2D eigenvalue weighted by Crippen LogP contribution is -2.03. The van der Waals surface area contributed by atoms with Crippen molar-refractivity contribution in [1.29, 1.82) is 0 Å². The quantitative estimate of drug-likeness (QED) is 0.414. The number of hydrogen-bond acceptors (Lipinski definition) is 6. The summed E-state index contributed by atoms with van der Waals surface area (Å²) in [6.45, 7) is 0. The van der Waals surface area contributed by atoms with Gasteiger partial charge in [0.05, 0.1) is 38.6 Å². The molecule has 0 aliphatic rings. The highest BCUT2D eigenvalue weighted by Crippen LogP contribution is 2.39. The highest BCUT2D eigenvalue weighted by atomic mass is 79.9. The Hall–Kier alpha value is -2.67. The fourth-order valence-electron chi connectivity index (χ4n) is 2.40. The minimum absolute atomic E-state index is 0.237. The zero-order valence-corrected chi connectivity index (χ0v) is 16.5. The van der Waals surface area contributed by atoms with E-state index in [4.69, 9.17) is 24.7 Å². The summed E-state index contributed by atoms with van der Waals surface area (Å²) in [5.41, 5.74) is 7.54. The van der Waals surface area contributed by atoms with Gasteiger partial charge in [0.15, 0.2) is 17.3 Å². The Morgan fingerprint density at radius 3 is 1.96 bits per heavy atom. The third-order valence-corrected chi connectivity index (χ3v) is 4.28. The minimum Gasteiger partial charge on any atom is -0.495 e. The number of halogens is 1. The number of ether oxygens (including phenoxy) is 4. The van der Waals surface area contributed by atoms with Crippen LogP contribution in [0.3, 0.4) is 0 Å². The number of carbonyl (C=O) groups excluding carboxylic acids is 1. The third-order valence-electron chi connectivity index (χ3n) is 3.69. The molecule has 0 atom stereocenters. The number of carbonyl (C=O) groups is 1. The zero-order chi connectivity index (χ0) is 19.3. The van der Waals surface area contributed by atoms with Crippen molar-refractivity contribution in [2.24, 2.45) is 0 Å². The lowest BCUT2D eigenvalue weighted by Gasteiger charge is -2.13. The first-order valence-corrected chi connectivity index (χ1v) is 8.39. The minimum atomic E-state index is -0.237. The monoisotopic (exact) mass is 421 g/mol. The molecule has 0 aromatic heterocycles. The second-order valence-corrected chi connectivity index (χ2v) is 6.09. The van der Waals surface area contributed by atoms with Crippen LogP contribution in [0.2, 0.25) is 0 Å². The molecule has 2 rings (SSSR count). The Morgan fingerprint density at radius 2 is 1.50 bits per heavy atom. The van der Waals surface area contributed by atoms with E-state index >= 15 is 0 Å². The summed E-state index contributed by atoms with van der Waals surface area (Å²) < 4.78 is 21.3. The van der Waals surface area contributed by atoms with Crippen LogP contribution in [0.5, 0.6) is 23.0 Å². The van der Waals surface area contributed by atoms with Crippen molar-refractivity contribution in [2.45, 2.75) is 0 Å². The van der Waals surface area contributed by atoms with Gasteiger partial charge in [0.1, 0.15) is 5.75 Å². The smallest absolute Gasteiger partial charge is 0.203 e. The van der Waals surface area contributed by atoms with E-state index in [1.54, 1.807) is 43.5 Å². The first kappa shape index (κ1) is 19.7. The van der Waals surface area contributed by atoms with Gasteiger partial charge in [-0.3, -0.25) is 4.79 Å². The average molecular weight is 422 g/mol. The van der Waals surface area contributed by atoms with Crippen molar-refractivity contribution in [3.8, 4) is 23.0 Å². The van der Waals surface area contributed by atoms with Crippen molar-refractivity contribution in [1.82, 2.24) is 0 Å². The summed E-state index contributed by atoms with van der Waals surface area (Å²) in [6.07, 6.45) is 1.68. The van der Waals surface area contributed by atoms with Crippen molar-refractivity contribution < 1.29 is 23.7 Å². The molecule has 26 heavy (non-hydrogen) atoms. The van der Waals surface area contributed by atoms with E-state index < -0.39 is 0 Å². The van der Waals surface area contributed by atoms with Gasteiger partial charge < -0.3 is 24.7 Å². The lowest BCUT2D eigenvalue weighted by molar-refractivity contribution is 0.104. The van der Waals surface area contributed by atoms with Crippen LogP contribution in [0.1, 0.15) is 15.9 Å². The normalized spacial score (nSPS) is 11.0. The van der Waals surface area contributed by atoms with Crippen LogP contribution in [0.4, 0.5) is 5.69 Å². The molecule has 0 heterocycles. The highest BCUT2D eigenvalue weighted by molar-refractivity contribution is 9.12. The molecular weight excluding hydrogens is 402 g/mol. The molecule has 0 aliphatic heterocycles. The first-order chi connectivity index (χ1) is 12.4. The van der Waals surface area contributed by atoms with Crippen LogP contribution < -0.4 is 24.7 Å². The molecule has 0 bridgehead atoms. The molecule has 0 radical (unpaired) electrons. The SMILES string of the molecule is COc1ccc(/C=C(\Br)C(=O)c2cc(OC)c(OC)c(OC)c2)cc1N. The number of nitrogen functional groups attached to an aromatic ring is 1. The maximum absolute atomic E-state index is 12.8. The molecule has 0 unspecified atom stereocenters. The third kappa shape index (κ3) is 4.11. The van der Waals surface area contributed by atoms with Crippen molar-refractivity contribution in [2.75, 3.05) is 34.2 Å². The van der Waals surface area contributed by atoms with Crippen LogP contribution in [0.25, 0.3) is 6.08 Å². The van der Waals surface area contributed by atoms with Gasteiger partial charge in [0, 0.05) is 5.56 Å². The van der Waals surface area contributed by atoms with E-state index in [1.165, 1.54) is 21.3 Å². The second kappa shape index (κ2) is 8.62. The predicted octanol–water partition coefficient (Wildman–Crippen LogP) is 3.92. The summed E-state index contributed by atoms with van der Waals surface area (Å²) in [4.78, 5) is 12.8. The van der Waals surface area contributed by atoms with Gasteiger partial charge in [-0.2, -0.15) is 0 Å². The van der Waals surface area contributed by atoms with Gasteiger partial charge in [-0.1, -0.05) is 6.07 Å². The maximum atomic E-state index is 12.8. The van der Waals surface area contributed by atoms with Gasteiger partial charge in [0.25, 0.3) is 0 Å². The molecule has 0 saturated heterocycles. The van der Waals surface area contributed by atoms with Crippen LogP contribution in [0.15, 0.2) is 34.8 Å². The fourth-order valence-corrected chi connectivity index (χ4v) is 2.90. The predicted molar refractivity (Wildman–Crippen MR) is 105 cm³/mol. The number of hydrogen-bond donors (Lipinski definition) is 1. The molecule has 6 nitrogen and oxygen atoms in total. The number of benzene rings is 2. The van der Waals surface area contributed by atoms with Crippen LogP contribution in [-0.2, 0) is 0 Å². The summed E-state index contributed by atoms with van der Waals surface area (Å²) in [5.74, 6) is 1.58. The Morgan fingerprint density at radius 1 is 0.923 bits per heavy atom. The average Bonchev–Trinajstić information content (AvgIpc) is 2.66. The lowest BCUT2D eigenvalue weighted by atomic mass is 10.1. The molecule has 0 fully saturated rings. The molecule has 0 aliphatic carbocycles.